The molecule has 0 unspecified atom stereocenters. The SMILES string of the molecule is CCOc1ccc(C23CC4CC(CC(C4)C2)C3)cc1/C=c1\sc2nc3ccccc3n2c1=O. The molecule has 5 heteroatoms. The van der Waals surface area contributed by atoms with Crippen molar-refractivity contribution in [1.82, 2.24) is 9.38 Å². The first-order valence-electron chi connectivity index (χ1n) is 12.3. The van der Waals surface area contributed by atoms with Gasteiger partial charge >= 0.3 is 0 Å². The van der Waals surface area contributed by atoms with E-state index in [4.69, 9.17) is 4.74 Å². The Labute approximate surface area is 196 Å². The lowest BCUT2D eigenvalue weighted by molar-refractivity contribution is -0.00521. The Kier molecular flexibility index (Phi) is 4.30. The molecule has 2 aromatic carbocycles. The van der Waals surface area contributed by atoms with Gasteiger partial charge in [0.25, 0.3) is 5.56 Å². The average Bonchev–Trinajstić information content (AvgIpc) is 3.30. The number of ether oxygens (including phenoxy) is 1. The zero-order valence-electron chi connectivity index (χ0n) is 18.9. The van der Waals surface area contributed by atoms with Gasteiger partial charge in [-0.05, 0) is 105 Å². The van der Waals surface area contributed by atoms with E-state index in [1.165, 1.54) is 55.4 Å². The van der Waals surface area contributed by atoms with Crippen molar-refractivity contribution < 1.29 is 4.74 Å². The highest BCUT2D eigenvalue weighted by molar-refractivity contribution is 7.15. The molecule has 33 heavy (non-hydrogen) atoms. The van der Waals surface area contributed by atoms with Crippen LogP contribution in [0.2, 0.25) is 0 Å². The minimum absolute atomic E-state index is 0.00589. The first-order chi connectivity index (χ1) is 16.1. The standard InChI is InChI=1S/C28H28N2O2S/c1-2-32-24-8-7-21(28-14-17-9-18(15-28)11-19(10-17)16-28)12-20(24)13-25-26(31)30-23-6-4-3-5-22(23)29-27(30)33-25/h3-8,12-13,17-19H,2,9-11,14-16H2,1H3/b25-13-. The number of imidazole rings is 1. The number of rotatable bonds is 4. The fraction of sp³-hybridized carbons (Fsp3) is 0.429. The van der Waals surface area contributed by atoms with Gasteiger partial charge in [0.2, 0.25) is 0 Å². The third-order valence-electron chi connectivity index (χ3n) is 8.39. The third kappa shape index (κ3) is 3.01. The van der Waals surface area contributed by atoms with Gasteiger partial charge in [0.15, 0.2) is 4.96 Å². The summed E-state index contributed by atoms with van der Waals surface area (Å²) in [6.45, 7) is 2.63. The van der Waals surface area contributed by atoms with Crippen molar-refractivity contribution in [2.24, 2.45) is 17.8 Å². The summed E-state index contributed by atoms with van der Waals surface area (Å²) in [6.07, 6.45) is 10.4. The van der Waals surface area contributed by atoms with Crippen LogP contribution in [0.3, 0.4) is 0 Å². The van der Waals surface area contributed by atoms with Crippen molar-refractivity contribution in [3.05, 3.63) is 68.5 Å². The Morgan fingerprint density at radius 2 is 1.82 bits per heavy atom. The van der Waals surface area contributed by atoms with Crippen LogP contribution in [-0.2, 0) is 5.41 Å². The summed E-state index contributed by atoms with van der Waals surface area (Å²) in [6, 6.07) is 14.6. The number of fused-ring (bicyclic) bond motifs is 3. The summed E-state index contributed by atoms with van der Waals surface area (Å²) in [5.74, 6) is 3.58. The summed E-state index contributed by atoms with van der Waals surface area (Å²) < 4.78 is 8.46. The molecule has 2 heterocycles. The zero-order valence-corrected chi connectivity index (χ0v) is 19.7. The molecule has 168 valence electrons. The number of hydrogen-bond acceptors (Lipinski definition) is 4. The van der Waals surface area contributed by atoms with E-state index in [0.717, 1.165) is 45.1 Å². The Morgan fingerprint density at radius 1 is 1.09 bits per heavy atom. The number of hydrogen-bond donors (Lipinski definition) is 0. The molecule has 4 fully saturated rings. The fourth-order valence-corrected chi connectivity index (χ4v) is 8.47. The van der Waals surface area contributed by atoms with Gasteiger partial charge in [-0.1, -0.05) is 29.5 Å². The second kappa shape index (κ2) is 7.17. The molecule has 0 saturated heterocycles. The summed E-state index contributed by atoms with van der Waals surface area (Å²) >= 11 is 1.46. The highest BCUT2D eigenvalue weighted by Crippen LogP contribution is 2.60. The molecule has 8 rings (SSSR count). The summed E-state index contributed by atoms with van der Waals surface area (Å²) in [7, 11) is 0. The summed E-state index contributed by atoms with van der Waals surface area (Å²) in [5, 5.41) is 0. The van der Waals surface area contributed by atoms with Crippen molar-refractivity contribution in [3.63, 3.8) is 0 Å². The number of aromatic nitrogens is 2. The molecule has 4 aromatic rings. The van der Waals surface area contributed by atoms with Gasteiger partial charge in [-0.3, -0.25) is 4.79 Å². The molecular formula is C28H28N2O2S. The fourth-order valence-electron chi connectivity index (χ4n) is 7.50. The van der Waals surface area contributed by atoms with Crippen LogP contribution in [-0.4, -0.2) is 16.0 Å². The smallest absolute Gasteiger partial charge is 0.274 e. The predicted molar refractivity (Wildman–Crippen MR) is 133 cm³/mol. The van der Waals surface area contributed by atoms with E-state index in [-0.39, 0.29) is 5.56 Å². The van der Waals surface area contributed by atoms with E-state index in [0.29, 0.717) is 16.6 Å². The minimum atomic E-state index is 0.00589. The topological polar surface area (TPSA) is 43.6 Å². The molecule has 0 radical (unpaired) electrons. The Bertz CT molecular complexity index is 1460. The molecule has 4 nitrogen and oxygen atoms in total. The first kappa shape index (κ1) is 19.8. The first-order valence-corrected chi connectivity index (χ1v) is 13.1. The van der Waals surface area contributed by atoms with Crippen molar-refractivity contribution in [3.8, 4) is 5.75 Å². The molecule has 4 saturated carbocycles. The van der Waals surface area contributed by atoms with Crippen LogP contribution in [0.15, 0.2) is 47.3 Å². The van der Waals surface area contributed by atoms with Crippen molar-refractivity contribution in [2.75, 3.05) is 6.61 Å². The lowest BCUT2D eigenvalue weighted by Gasteiger charge is -2.57. The number of benzene rings is 2. The quantitative estimate of drug-likeness (QED) is 0.417. The van der Waals surface area contributed by atoms with Gasteiger partial charge in [0.05, 0.1) is 22.2 Å². The van der Waals surface area contributed by atoms with E-state index in [1.54, 1.807) is 4.40 Å². The van der Waals surface area contributed by atoms with E-state index in [1.807, 2.05) is 37.3 Å². The minimum Gasteiger partial charge on any atom is -0.493 e. The highest BCUT2D eigenvalue weighted by Gasteiger charge is 2.51. The van der Waals surface area contributed by atoms with E-state index < -0.39 is 0 Å². The van der Waals surface area contributed by atoms with E-state index in [2.05, 4.69) is 23.2 Å². The van der Waals surface area contributed by atoms with E-state index >= 15 is 0 Å². The maximum Gasteiger partial charge on any atom is 0.274 e. The molecule has 0 N–H and O–H groups in total. The molecule has 4 bridgehead atoms. The largest absolute Gasteiger partial charge is 0.493 e. The number of thiazole rings is 1. The number of para-hydroxylation sites is 2. The predicted octanol–water partition coefficient (Wildman–Crippen LogP) is 5.32. The molecular weight excluding hydrogens is 428 g/mol. The van der Waals surface area contributed by atoms with Crippen molar-refractivity contribution in [1.29, 1.82) is 0 Å². The molecule has 0 spiro atoms. The molecule has 4 aliphatic rings. The number of nitrogens with zero attached hydrogens (tertiary/aromatic N) is 2. The third-order valence-corrected chi connectivity index (χ3v) is 9.36. The summed E-state index contributed by atoms with van der Waals surface area (Å²) in [5.41, 5.74) is 4.55. The normalized spacial score (nSPS) is 28.9. The molecule has 0 amide bonds. The Morgan fingerprint density at radius 3 is 2.55 bits per heavy atom. The van der Waals surface area contributed by atoms with Gasteiger partial charge in [0, 0.05) is 5.56 Å². The van der Waals surface area contributed by atoms with Crippen LogP contribution in [0, 0.1) is 17.8 Å². The Balaban J connectivity index is 1.37. The van der Waals surface area contributed by atoms with Gasteiger partial charge in [-0.25, -0.2) is 9.38 Å². The average molecular weight is 457 g/mol. The van der Waals surface area contributed by atoms with Gasteiger partial charge in [0.1, 0.15) is 5.75 Å². The maximum absolute atomic E-state index is 13.3. The summed E-state index contributed by atoms with van der Waals surface area (Å²) in [4.78, 5) is 18.8. The van der Waals surface area contributed by atoms with Crippen LogP contribution >= 0.6 is 11.3 Å². The zero-order chi connectivity index (χ0) is 22.2. The van der Waals surface area contributed by atoms with Gasteiger partial charge in [-0.2, -0.15) is 0 Å². The van der Waals surface area contributed by atoms with Crippen molar-refractivity contribution in [2.45, 2.75) is 50.9 Å². The van der Waals surface area contributed by atoms with Crippen LogP contribution in [0.4, 0.5) is 0 Å². The molecule has 0 atom stereocenters. The lowest BCUT2D eigenvalue weighted by atomic mass is 9.48. The second-order valence-electron chi connectivity index (χ2n) is 10.5. The molecule has 4 aliphatic carbocycles. The van der Waals surface area contributed by atoms with Crippen LogP contribution in [0.5, 0.6) is 5.75 Å². The van der Waals surface area contributed by atoms with E-state index in [9.17, 15) is 4.79 Å². The van der Waals surface area contributed by atoms with Crippen LogP contribution < -0.4 is 14.8 Å². The van der Waals surface area contributed by atoms with Gasteiger partial charge < -0.3 is 4.74 Å². The highest BCUT2D eigenvalue weighted by atomic mass is 32.1. The monoisotopic (exact) mass is 456 g/mol. The van der Waals surface area contributed by atoms with Gasteiger partial charge in [-0.15, -0.1) is 0 Å². The maximum atomic E-state index is 13.3. The molecule has 0 aliphatic heterocycles. The lowest BCUT2D eigenvalue weighted by Crippen LogP contribution is -2.48. The van der Waals surface area contributed by atoms with Crippen molar-refractivity contribution >= 4 is 33.4 Å². The second-order valence-corrected chi connectivity index (χ2v) is 11.5. The molecule has 2 aromatic heterocycles. The van der Waals surface area contributed by atoms with Crippen LogP contribution in [0.1, 0.15) is 56.6 Å². The Hall–Kier alpha value is -2.66. The van der Waals surface area contributed by atoms with Crippen LogP contribution in [0.25, 0.3) is 22.1 Å².